The average molecular weight is 332 g/mol. The van der Waals surface area contributed by atoms with Gasteiger partial charge in [-0.2, -0.15) is 5.26 Å². The minimum absolute atomic E-state index is 0.163. The van der Waals surface area contributed by atoms with Gasteiger partial charge in [0.25, 0.3) is 5.91 Å². The summed E-state index contributed by atoms with van der Waals surface area (Å²) in [5, 5.41) is 11.6. The fourth-order valence-corrected chi connectivity index (χ4v) is 2.58. The van der Waals surface area contributed by atoms with Crippen LogP contribution < -0.4 is 5.32 Å². The Bertz CT molecular complexity index is 552. The van der Waals surface area contributed by atoms with Gasteiger partial charge in [0.05, 0.1) is 16.3 Å². The van der Waals surface area contributed by atoms with Gasteiger partial charge in [0.15, 0.2) is 5.67 Å². The number of carbonyl (C=O) groups is 1. The Balaban J connectivity index is 2.29. The van der Waals surface area contributed by atoms with Gasteiger partial charge in [-0.25, -0.2) is 4.39 Å². The van der Waals surface area contributed by atoms with Crippen LogP contribution in [-0.2, 0) is 4.79 Å². The predicted octanol–water partition coefficient (Wildman–Crippen LogP) is 3.80. The van der Waals surface area contributed by atoms with E-state index < -0.39 is 11.6 Å². The van der Waals surface area contributed by atoms with Crippen LogP contribution in [0.2, 0.25) is 5.02 Å². The van der Waals surface area contributed by atoms with Crippen LogP contribution in [0, 0.1) is 11.3 Å². The number of rotatable bonds is 2. The second kappa shape index (κ2) is 4.87. The molecule has 0 aliphatic heterocycles. The first-order chi connectivity index (χ1) is 8.46. The molecule has 94 valence electrons. The van der Waals surface area contributed by atoms with E-state index in [0.29, 0.717) is 10.9 Å². The van der Waals surface area contributed by atoms with Crippen LogP contribution in [0.3, 0.4) is 0 Å². The number of benzene rings is 1. The lowest BCUT2D eigenvalue weighted by Gasteiger charge is -2.32. The molecule has 1 aromatic carbocycles. The minimum Gasteiger partial charge on any atom is -0.321 e. The molecular formula is C12H9BrClFN2O. The molecule has 0 unspecified atom stereocenters. The van der Waals surface area contributed by atoms with Gasteiger partial charge in [0.2, 0.25) is 0 Å². The van der Waals surface area contributed by atoms with Crippen LogP contribution in [-0.4, -0.2) is 11.6 Å². The number of amides is 1. The third-order valence-corrected chi connectivity index (χ3v) is 3.72. The maximum atomic E-state index is 13.9. The molecule has 1 saturated carbocycles. The van der Waals surface area contributed by atoms with Crippen LogP contribution in [0.1, 0.15) is 24.8 Å². The lowest BCUT2D eigenvalue weighted by atomic mass is 9.81. The monoisotopic (exact) mass is 330 g/mol. The first kappa shape index (κ1) is 13.3. The standard InChI is InChI=1S/C12H9BrClFN2O/c13-8-4-7(6-16)10(9(14)5-8)17-11(18)12(15)2-1-3-12/h4-5H,1-3H2,(H,17,18). The van der Waals surface area contributed by atoms with Gasteiger partial charge in [0.1, 0.15) is 6.07 Å². The Labute approximate surface area is 117 Å². The Morgan fingerprint density at radius 2 is 2.22 bits per heavy atom. The van der Waals surface area contributed by atoms with E-state index in [2.05, 4.69) is 21.2 Å². The molecule has 2 rings (SSSR count). The number of hydrogen-bond acceptors (Lipinski definition) is 2. The van der Waals surface area contributed by atoms with Gasteiger partial charge in [-0.3, -0.25) is 4.79 Å². The summed E-state index contributed by atoms with van der Waals surface area (Å²) in [5.74, 6) is -0.727. The number of hydrogen-bond donors (Lipinski definition) is 1. The lowest BCUT2D eigenvalue weighted by molar-refractivity contribution is -0.132. The molecule has 0 saturated heterocycles. The highest BCUT2D eigenvalue weighted by atomic mass is 79.9. The molecule has 0 radical (unpaired) electrons. The topological polar surface area (TPSA) is 52.9 Å². The molecule has 1 amide bonds. The number of nitriles is 1. The molecule has 1 aromatic rings. The quantitative estimate of drug-likeness (QED) is 0.896. The van der Waals surface area contributed by atoms with Crippen molar-refractivity contribution in [2.45, 2.75) is 24.9 Å². The summed E-state index contributed by atoms with van der Waals surface area (Å²) in [4.78, 5) is 11.8. The van der Waals surface area contributed by atoms with Gasteiger partial charge >= 0.3 is 0 Å². The zero-order chi connectivity index (χ0) is 13.3. The number of anilines is 1. The van der Waals surface area contributed by atoms with E-state index in [1.165, 1.54) is 6.07 Å². The average Bonchev–Trinajstić information content (AvgIpc) is 2.28. The number of nitrogens with zero attached hydrogens (tertiary/aromatic N) is 1. The molecular weight excluding hydrogens is 323 g/mol. The zero-order valence-electron chi connectivity index (χ0n) is 9.27. The van der Waals surface area contributed by atoms with Crippen LogP contribution in [0.5, 0.6) is 0 Å². The molecule has 0 aromatic heterocycles. The SMILES string of the molecule is N#Cc1cc(Br)cc(Cl)c1NC(=O)C1(F)CCC1. The molecule has 0 heterocycles. The summed E-state index contributed by atoms with van der Waals surface area (Å²) in [5.41, 5.74) is -1.45. The van der Waals surface area contributed by atoms with Crippen molar-refractivity contribution in [1.82, 2.24) is 0 Å². The highest BCUT2D eigenvalue weighted by Crippen LogP contribution is 2.38. The van der Waals surface area contributed by atoms with Gasteiger partial charge < -0.3 is 5.32 Å². The predicted molar refractivity (Wildman–Crippen MR) is 70.2 cm³/mol. The highest BCUT2D eigenvalue weighted by molar-refractivity contribution is 9.10. The van der Waals surface area contributed by atoms with E-state index in [-0.39, 0.29) is 29.1 Å². The normalized spacial score (nSPS) is 16.6. The van der Waals surface area contributed by atoms with Crippen molar-refractivity contribution in [2.75, 3.05) is 5.32 Å². The largest absolute Gasteiger partial charge is 0.321 e. The van der Waals surface area contributed by atoms with Crippen molar-refractivity contribution in [2.24, 2.45) is 0 Å². The highest BCUT2D eigenvalue weighted by Gasteiger charge is 2.44. The minimum atomic E-state index is -1.82. The summed E-state index contributed by atoms with van der Waals surface area (Å²) in [6.07, 6.45) is 1.13. The fraction of sp³-hybridized carbons (Fsp3) is 0.333. The van der Waals surface area contributed by atoms with Crippen molar-refractivity contribution in [3.63, 3.8) is 0 Å². The van der Waals surface area contributed by atoms with Crippen molar-refractivity contribution < 1.29 is 9.18 Å². The molecule has 6 heteroatoms. The molecule has 18 heavy (non-hydrogen) atoms. The van der Waals surface area contributed by atoms with Crippen LogP contribution in [0.4, 0.5) is 10.1 Å². The van der Waals surface area contributed by atoms with Crippen molar-refractivity contribution >= 4 is 39.1 Å². The van der Waals surface area contributed by atoms with Gasteiger partial charge in [0, 0.05) is 4.47 Å². The van der Waals surface area contributed by atoms with Crippen LogP contribution >= 0.6 is 27.5 Å². The second-order valence-electron chi connectivity index (χ2n) is 4.19. The smallest absolute Gasteiger partial charge is 0.262 e. The van der Waals surface area contributed by atoms with Crippen LogP contribution in [0.15, 0.2) is 16.6 Å². The first-order valence-electron chi connectivity index (χ1n) is 5.36. The summed E-state index contributed by atoms with van der Waals surface area (Å²) < 4.78 is 14.5. The maximum Gasteiger partial charge on any atom is 0.262 e. The van der Waals surface area contributed by atoms with E-state index in [9.17, 15) is 9.18 Å². The Morgan fingerprint density at radius 3 is 2.72 bits per heavy atom. The van der Waals surface area contributed by atoms with E-state index in [1.54, 1.807) is 6.07 Å². The summed E-state index contributed by atoms with van der Waals surface area (Å²) >= 11 is 9.15. The number of carbonyl (C=O) groups excluding carboxylic acids is 1. The number of alkyl halides is 1. The molecule has 0 bridgehead atoms. The fourth-order valence-electron chi connectivity index (χ4n) is 1.73. The van der Waals surface area contributed by atoms with Gasteiger partial charge in [-0.15, -0.1) is 0 Å². The summed E-state index contributed by atoms with van der Waals surface area (Å²) in [6, 6.07) is 4.98. The Hall–Kier alpha value is -1.12. The van der Waals surface area contributed by atoms with E-state index in [0.717, 1.165) is 0 Å². The molecule has 1 fully saturated rings. The maximum absolute atomic E-state index is 13.9. The molecule has 1 aliphatic rings. The van der Waals surface area contributed by atoms with E-state index >= 15 is 0 Å². The third-order valence-electron chi connectivity index (χ3n) is 2.97. The molecule has 0 spiro atoms. The van der Waals surface area contributed by atoms with E-state index in [1.807, 2.05) is 6.07 Å². The lowest BCUT2D eigenvalue weighted by Crippen LogP contribution is -2.44. The molecule has 0 atom stereocenters. The first-order valence-corrected chi connectivity index (χ1v) is 6.53. The second-order valence-corrected chi connectivity index (χ2v) is 5.52. The van der Waals surface area contributed by atoms with Gasteiger partial charge in [-0.05, 0) is 31.4 Å². The number of halogens is 3. The summed E-state index contributed by atoms with van der Waals surface area (Å²) in [7, 11) is 0. The third kappa shape index (κ3) is 2.36. The number of nitrogens with one attached hydrogen (secondary N) is 1. The molecule has 3 nitrogen and oxygen atoms in total. The Kier molecular flexibility index (Phi) is 3.60. The van der Waals surface area contributed by atoms with Crippen molar-refractivity contribution in [3.8, 4) is 6.07 Å². The van der Waals surface area contributed by atoms with E-state index in [4.69, 9.17) is 16.9 Å². The van der Waals surface area contributed by atoms with Crippen molar-refractivity contribution in [3.05, 3.63) is 27.2 Å². The van der Waals surface area contributed by atoms with Crippen molar-refractivity contribution in [1.29, 1.82) is 5.26 Å². The molecule has 1 aliphatic carbocycles. The Morgan fingerprint density at radius 1 is 1.56 bits per heavy atom. The zero-order valence-corrected chi connectivity index (χ0v) is 11.6. The van der Waals surface area contributed by atoms with Gasteiger partial charge in [-0.1, -0.05) is 27.5 Å². The van der Waals surface area contributed by atoms with Crippen LogP contribution in [0.25, 0.3) is 0 Å². The summed E-state index contributed by atoms with van der Waals surface area (Å²) in [6.45, 7) is 0. The molecule has 1 N–H and O–H groups in total.